The van der Waals surface area contributed by atoms with Crippen molar-refractivity contribution in [3.05, 3.63) is 38.3 Å². The molecule has 0 radical (unpaired) electrons. The fourth-order valence-electron chi connectivity index (χ4n) is 3.73. The minimum absolute atomic E-state index is 0.0269. The molecule has 0 bridgehead atoms. The molecule has 1 aliphatic rings. The van der Waals surface area contributed by atoms with Gasteiger partial charge in [-0.2, -0.15) is 0 Å². The van der Waals surface area contributed by atoms with Crippen molar-refractivity contribution >= 4 is 44.5 Å². The quantitative estimate of drug-likeness (QED) is 0.646. The van der Waals surface area contributed by atoms with Crippen molar-refractivity contribution in [2.75, 3.05) is 6.54 Å². The molecule has 10 heteroatoms. The monoisotopic (exact) mass is 515 g/mol. The number of fused-ring (bicyclic) bond motifs is 1. The molecule has 2 N–H and O–H groups in total. The zero-order valence-electron chi connectivity index (χ0n) is 17.7. The van der Waals surface area contributed by atoms with Crippen LogP contribution in [0.4, 0.5) is 4.79 Å². The number of halogens is 2. The van der Waals surface area contributed by atoms with Crippen LogP contribution >= 0.6 is 27.5 Å². The molecule has 0 spiro atoms. The van der Waals surface area contributed by atoms with Gasteiger partial charge in [-0.25, -0.2) is 9.78 Å². The van der Waals surface area contributed by atoms with Gasteiger partial charge in [0.05, 0.1) is 47.0 Å². The van der Waals surface area contributed by atoms with E-state index < -0.39 is 29.9 Å². The van der Waals surface area contributed by atoms with Gasteiger partial charge in [0.25, 0.3) is 5.56 Å². The lowest BCUT2D eigenvalue weighted by Crippen LogP contribution is -2.53. The van der Waals surface area contributed by atoms with Crippen molar-refractivity contribution in [2.24, 2.45) is 0 Å². The first kappa shape index (κ1) is 24.0. The van der Waals surface area contributed by atoms with Crippen LogP contribution in [0.1, 0.15) is 40.0 Å². The van der Waals surface area contributed by atoms with E-state index >= 15 is 0 Å². The van der Waals surface area contributed by atoms with E-state index in [0.717, 1.165) is 0 Å². The lowest BCUT2D eigenvalue weighted by atomic mass is 9.94. The van der Waals surface area contributed by atoms with Gasteiger partial charge in [0, 0.05) is 11.0 Å². The number of hydrogen-bond donors (Lipinski definition) is 2. The van der Waals surface area contributed by atoms with Crippen molar-refractivity contribution < 1.29 is 19.7 Å². The molecule has 1 aromatic carbocycles. The van der Waals surface area contributed by atoms with Crippen LogP contribution in [0.2, 0.25) is 5.02 Å². The van der Waals surface area contributed by atoms with E-state index in [9.17, 15) is 19.8 Å². The van der Waals surface area contributed by atoms with Crippen LogP contribution in [0.25, 0.3) is 10.9 Å². The molecule has 1 amide bonds. The predicted molar refractivity (Wildman–Crippen MR) is 121 cm³/mol. The van der Waals surface area contributed by atoms with E-state index in [1.165, 1.54) is 21.9 Å². The van der Waals surface area contributed by atoms with Crippen molar-refractivity contribution in [3.8, 4) is 0 Å². The van der Waals surface area contributed by atoms with Crippen molar-refractivity contribution in [1.82, 2.24) is 14.5 Å². The summed E-state index contributed by atoms with van der Waals surface area (Å²) in [7, 11) is 0. The first-order valence-electron chi connectivity index (χ1n) is 10.2. The molecule has 170 valence electrons. The van der Waals surface area contributed by atoms with Gasteiger partial charge in [0.1, 0.15) is 5.60 Å². The first-order valence-corrected chi connectivity index (χ1v) is 11.3. The second kappa shape index (κ2) is 9.44. The minimum atomic E-state index is -0.981. The van der Waals surface area contributed by atoms with Gasteiger partial charge >= 0.3 is 6.09 Å². The van der Waals surface area contributed by atoms with Gasteiger partial charge in [-0.05, 0) is 68.1 Å². The van der Waals surface area contributed by atoms with E-state index in [-0.39, 0.29) is 18.5 Å². The van der Waals surface area contributed by atoms with E-state index in [2.05, 4.69) is 20.9 Å². The average molecular weight is 517 g/mol. The Balaban J connectivity index is 1.77. The van der Waals surface area contributed by atoms with Crippen molar-refractivity contribution in [2.45, 2.75) is 70.4 Å². The molecule has 3 rings (SSSR count). The summed E-state index contributed by atoms with van der Waals surface area (Å²) < 4.78 is 7.41. The molecule has 1 aromatic heterocycles. The lowest BCUT2D eigenvalue weighted by molar-refractivity contribution is -0.0368. The zero-order valence-corrected chi connectivity index (χ0v) is 20.1. The Hall–Kier alpha value is -1.68. The fraction of sp³-hybridized carbons (Fsp3) is 0.571. The van der Waals surface area contributed by atoms with E-state index in [1.807, 2.05) is 0 Å². The van der Waals surface area contributed by atoms with Gasteiger partial charge in [0.2, 0.25) is 0 Å². The third kappa shape index (κ3) is 5.77. The number of benzene rings is 1. The highest BCUT2D eigenvalue weighted by Gasteiger charge is 2.37. The van der Waals surface area contributed by atoms with E-state index in [4.69, 9.17) is 16.3 Å². The summed E-state index contributed by atoms with van der Waals surface area (Å²) in [5.74, 6) is 0. The number of aliphatic hydroxyl groups is 2. The number of carbonyl (C=O) groups is 1. The molecule has 31 heavy (non-hydrogen) atoms. The summed E-state index contributed by atoms with van der Waals surface area (Å²) in [6.07, 6.45) is 0.375. The Morgan fingerprint density at radius 3 is 2.81 bits per heavy atom. The van der Waals surface area contributed by atoms with Crippen LogP contribution in [0, 0.1) is 0 Å². The maximum Gasteiger partial charge on any atom is 0.410 e. The summed E-state index contributed by atoms with van der Waals surface area (Å²) in [5, 5.41) is 21.9. The van der Waals surface area contributed by atoms with Crippen LogP contribution in [0.3, 0.4) is 0 Å². The largest absolute Gasteiger partial charge is 0.444 e. The SMILES string of the molecule is CC(C)(C)OC(=O)N1CCC[C@H](O)[C@H]1C[C@H](O)Cn1cnc2cc(Br)c(Cl)cc2c1=O. The lowest BCUT2D eigenvalue weighted by Gasteiger charge is -2.40. The van der Waals surface area contributed by atoms with Crippen LogP contribution in [0.5, 0.6) is 0 Å². The first-order chi connectivity index (χ1) is 14.5. The second-order valence-electron chi connectivity index (χ2n) is 8.83. The Bertz CT molecular complexity index is 1020. The number of carbonyl (C=O) groups excluding carboxylic acids is 1. The standard InChI is InChI=1S/C21H27BrClN3O5/c1-21(2,3)31-20(30)26-6-4-5-18(28)17(26)7-12(27)10-25-11-24-16-9-14(22)15(23)8-13(16)19(25)29/h8-9,11-12,17-18,27-28H,4-7,10H2,1-3H3/t12-,17+,18-/m0/s1. The molecular weight excluding hydrogens is 490 g/mol. The van der Waals surface area contributed by atoms with Gasteiger partial charge in [-0.3, -0.25) is 9.36 Å². The number of rotatable bonds is 4. The molecule has 2 heterocycles. The molecule has 2 aromatic rings. The molecular formula is C21H27BrClN3O5. The third-order valence-electron chi connectivity index (χ3n) is 5.16. The molecule has 1 fully saturated rings. The zero-order chi connectivity index (χ0) is 22.9. The number of piperidine rings is 1. The number of likely N-dealkylation sites (tertiary alicyclic amines) is 1. The van der Waals surface area contributed by atoms with Gasteiger partial charge in [0.15, 0.2) is 0 Å². The van der Waals surface area contributed by atoms with Crippen molar-refractivity contribution in [1.29, 1.82) is 0 Å². The summed E-state index contributed by atoms with van der Waals surface area (Å²) in [4.78, 5) is 31.2. The number of ether oxygens (including phenoxy) is 1. The normalized spacial score (nSPS) is 20.7. The molecule has 1 aliphatic heterocycles. The van der Waals surface area contributed by atoms with Gasteiger partial charge in [-0.1, -0.05) is 11.6 Å². The molecule has 3 atom stereocenters. The smallest absolute Gasteiger partial charge is 0.410 e. The molecule has 0 aliphatic carbocycles. The molecule has 0 unspecified atom stereocenters. The molecule has 1 saturated heterocycles. The average Bonchev–Trinajstić information content (AvgIpc) is 2.66. The van der Waals surface area contributed by atoms with Crippen LogP contribution in [0.15, 0.2) is 27.7 Å². The van der Waals surface area contributed by atoms with E-state index in [1.54, 1.807) is 26.8 Å². The summed E-state index contributed by atoms with van der Waals surface area (Å²) in [6.45, 7) is 5.74. The van der Waals surface area contributed by atoms with Gasteiger partial charge < -0.3 is 19.8 Å². The highest BCUT2D eigenvalue weighted by molar-refractivity contribution is 9.10. The predicted octanol–water partition coefficient (Wildman–Crippen LogP) is 3.32. The Labute approximate surface area is 193 Å². The van der Waals surface area contributed by atoms with E-state index in [0.29, 0.717) is 39.8 Å². The third-order valence-corrected chi connectivity index (χ3v) is 6.36. The molecule has 8 nitrogen and oxygen atoms in total. The molecule has 0 saturated carbocycles. The van der Waals surface area contributed by atoms with Crippen LogP contribution in [-0.2, 0) is 11.3 Å². The number of hydrogen-bond acceptors (Lipinski definition) is 6. The van der Waals surface area contributed by atoms with Gasteiger partial charge in [-0.15, -0.1) is 0 Å². The maximum absolute atomic E-state index is 12.8. The maximum atomic E-state index is 12.8. The number of nitrogens with zero attached hydrogens (tertiary/aromatic N) is 3. The second-order valence-corrected chi connectivity index (χ2v) is 10.1. The summed E-state index contributed by atoms with van der Waals surface area (Å²) >= 11 is 9.41. The number of aromatic nitrogens is 2. The highest BCUT2D eigenvalue weighted by atomic mass is 79.9. The Morgan fingerprint density at radius 2 is 2.13 bits per heavy atom. The minimum Gasteiger partial charge on any atom is -0.444 e. The summed E-state index contributed by atoms with van der Waals surface area (Å²) in [5.41, 5.74) is -0.499. The van der Waals surface area contributed by atoms with Crippen LogP contribution < -0.4 is 5.56 Å². The number of aliphatic hydroxyl groups excluding tert-OH is 2. The summed E-state index contributed by atoms with van der Waals surface area (Å²) in [6, 6.07) is 2.60. The highest BCUT2D eigenvalue weighted by Crippen LogP contribution is 2.26. The Morgan fingerprint density at radius 1 is 1.42 bits per heavy atom. The van der Waals surface area contributed by atoms with Crippen molar-refractivity contribution in [3.63, 3.8) is 0 Å². The fourth-order valence-corrected chi connectivity index (χ4v) is 4.23. The Kier molecular flexibility index (Phi) is 7.30. The topological polar surface area (TPSA) is 105 Å². The van der Waals surface area contributed by atoms with Crippen LogP contribution in [-0.4, -0.2) is 61.2 Å². The number of amides is 1.